The van der Waals surface area contributed by atoms with Gasteiger partial charge >= 0.3 is 0 Å². The fraction of sp³-hybridized carbons (Fsp3) is 0.520. The second kappa shape index (κ2) is 13.6. The van der Waals surface area contributed by atoms with Crippen LogP contribution in [-0.2, 0) is 20.6 Å². The topological polar surface area (TPSA) is 167 Å². The molecule has 14 heteroatoms. The lowest BCUT2D eigenvalue weighted by Gasteiger charge is -2.35. The number of anilines is 1. The number of halogens is 1. The molecule has 3 aromatic rings. The highest BCUT2D eigenvalue weighted by Gasteiger charge is 2.38. The van der Waals surface area contributed by atoms with E-state index in [9.17, 15) is 14.5 Å². The SMILES string of the molecule is CCCCCOC(O)C(C)(C)NP(=O)(CO[C@H](C)Cn1cnc2c(N)ncnc21)NC(=O)c1ccc(Cl)cc1. The number of aliphatic hydroxyl groups excluding tert-OH is 1. The van der Waals surface area contributed by atoms with E-state index in [0.717, 1.165) is 19.3 Å². The predicted molar refractivity (Wildman–Crippen MR) is 150 cm³/mol. The average molecular weight is 582 g/mol. The van der Waals surface area contributed by atoms with Crippen molar-refractivity contribution in [2.24, 2.45) is 0 Å². The molecule has 39 heavy (non-hydrogen) atoms. The number of nitrogens with zero attached hydrogens (tertiary/aromatic N) is 4. The van der Waals surface area contributed by atoms with Gasteiger partial charge in [-0.2, -0.15) is 0 Å². The van der Waals surface area contributed by atoms with Crippen molar-refractivity contribution in [2.45, 2.75) is 71.4 Å². The third-order valence-electron chi connectivity index (χ3n) is 5.92. The molecule has 12 nitrogen and oxygen atoms in total. The van der Waals surface area contributed by atoms with Gasteiger partial charge in [0.25, 0.3) is 13.4 Å². The van der Waals surface area contributed by atoms with Gasteiger partial charge in [-0.05, 0) is 51.5 Å². The van der Waals surface area contributed by atoms with Crippen molar-refractivity contribution in [3.63, 3.8) is 0 Å². The van der Waals surface area contributed by atoms with Crippen LogP contribution in [-0.4, -0.2) is 61.4 Å². The van der Waals surface area contributed by atoms with Crippen LogP contribution >= 0.6 is 19.0 Å². The summed E-state index contributed by atoms with van der Waals surface area (Å²) in [5.41, 5.74) is 5.97. The van der Waals surface area contributed by atoms with E-state index in [4.69, 9.17) is 26.8 Å². The Kier molecular flexibility index (Phi) is 10.8. The molecule has 1 aromatic carbocycles. The molecular weight excluding hydrogens is 545 g/mol. The van der Waals surface area contributed by atoms with E-state index in [2.05, 4.69) is 32.1 Å². The smallest absolute Gasteiger partial charge is 0.262 e. The monoisotopic (exact) mass is 581 g/mol. The highest BCUT2D eigenvalue weighted by molar-refractivity contribution is 7.60. The number of aliphatic hydroxyl groups is 1. The van der Waals surface area contributed by atoms with E-state index in [1.807, 2.05) is 0 Å². The van der Waals surface area contributed by atoms with Gasteiger partial charge in [-0.1, -0.05) is 31.4 Å². The summed E-state index contributed by atoms with van der Waals surface area (Å²) in [7, 11) is -3.79. The van der Waals surface area contributed by atoms with E-state index in [0.29, 0.717) is 29.3 Å². The van der Waals surface area contributed by atoms with Crippen LogP contribution in [0.4, 0.5) is 5.82 Å². The number of unbranched alkanes of at least 4 members (excludes halogenated alkanes) is 2. The summed E-state index contributed by atoms with van der Waals surface area (Å²) in [6, 6.07) is 6.19. The lowest BCUT2D eigenvalue weighted by molar-refractivity contribution is -0.140. The molecule has 0 aliphatic heterocycles. The van der Waals surface area contributed by atoms with Crippen LogP contribution in [0, 0.1) is 0 Å². The Morgan fingerprint density at radius 1 is 1.21 bits per heavy atom. The van der Waals surface area contributed by atoms with Gasteiger partial charge in [0.1, 0.15) is 18.2 Å². The standard InChI is InChI=1S/C25H37ClN7O5P/c1-5-6-7-12-37-24(35)25(3,4)32-39(36,31-23(34)18-8-10-19(26)11-9-18)16-38-17(2)13-33-15-30-20-21(27)28-14-29-22(20)33/h8-11,14-15,17,24,35H,5-7,12-13,16H2,1-4H3,(H2,27,28,29)(H2,31,32,34,36)/t17-,24?,39?/m1/s1. The third kappa shape index (κ3) is 8.69. The fourth-order valence-electron chi connectivity index (χ4n) is 3.79. The third-order valence-corrected chi connectivity index (χ3v) is 8.19. The predicted octanol–water partition coefficient (Wildman–Crippen LogP) is 3.94. The van der Waals surface area contributed by atoms with Crippen molar-refractivity contribution in [3.8, 4) is 0 Å². The summed E-state index contributed by atoms with van der Waals surface area (Å²) < 4.78 is 27.4. The van der Waals surface area contributed by atoms with E-state index in [1.165, 1.54) is 18.5 Å². The number of rotatable bonds is 15. The van der Waals surface area contributed by atoms with Crippen LogP contribution in [0.3, 0.4) is 0 Å². The first-order chi connectivity index (χ1) is 18.4. The molecular formula is C25H37ClN7O5P. The maximum atomic E-state index is 14.1. The first kappa shape index (κ1) is 30.9. The second-order valence-corrected chi connectivity index (χ2v) is 12.5. The molecule has 0 spiro atoms. The molecule has 0 bridgehead atoms. The number of nitrogens with one attached hydrogen (secondary N) is 2. The van der Waals surface area contributed by atoms with E-state index >= 15 is 0 Å². The number of amides is 1. The molecule has 2 aromatic heterocycles. The summed E-state index contributed by atoms with van der Waals surface area (Å²) in [6.07, 6.45) is 3.59. The Morgan fingerprint density at radius 3 is 2.62 bits per heavy atom. The van der Waals surface area contributed by atoms with Crippen LogP contribution in [0.15, 0.2) is 36.9 Å². The fourth-order valence-corrected chi connectivity index (χ4v) is 6.07. The second-order valence-electron chi connectivity index (χ2n) is 9.89. The summed E-state index contributed by atoms with van der Waals surface area (Å²) in [5.74, 6) is -0.315. The van der Waals surface area contributed by atoms with E-state index in [1.54, 1.807) is 43.8 Å². The molecule has 2 heterocycles. The number of carbonyl (C=O) groups excluding carboxylic acids is 1. The van der Waals surface area contributed by atoms with Gasteiger partial charge in [0.15, 0.2) is 17.8 Å². The number of benzene rings is 1. The summed E-state index contributed by atoms with van der Waals surface area (Å²) >= 11 is 5.94. The van der Waals surface area contributed by atoms with Crippen LogP contribution in [0.1, 0.15) is 57.3 Å². The highest BCUT2D eigenvalue weighted by atomic mass is 35.5. The zero-order valence-corrected chi connectivity index (χ0v) is 24.3. The van der Waals surface area contributed by atoms with Crippen molar-refractivity contribution in [1.82, 2.24) is 29.7 Å². The number of hydrogen-bond acceptors (Lipinski definition) is 9. The lowest BCUT2D eigenvalue weighted by Crippen LogP contribution is -2.51. The van der Waals surface area contributed by atoms with Gasteiger partial charge in [0.05, 0.1) is 24.5 Å². The van der Waals surface area contributed by atoms with Crippen molar-refractivity contribution in [1.29, 1.82) is 0 Å². The van der Waals surface area contributed by atoms with Crippen LogP contribution in [0.5, 0.6) is 0 Å². The van der Waals surface area contributed by atoms with E-state index in [-0.39, 0.29) is 17.7 Å². The summed E-state index contributed by atoms with van der Waals surface area (Å²) in [5, 5.41) is 16.6. The van der Waals surface area contributed by atoms with Crippen LogP contribution < -0.4 is 15.9 Å². The molecule has 2 unspecified atom stereocenters. The van der Waals surface area contributed by atoms with Gasteiger partial charge in [-0.25, -0.2) is 20.0 Å². The van der Waals surface area contributed by atoms with Gasteiger partial charge in [0.2, 0.25) is 0 Å². The van der Waals surface area contributed by atoms with Crippen molar-refractivity contribution in [3.05, 3.63) is 47.5 Å². The molecule has 5 N–H and O–H groups in total. The minimum atomic E-state index is -3.79. The minimum Gasteiger partial charge on any atom is -0.382 e. The molecule has 0 fully saturated rings. The molecule has 1 amide bonds. The number of carbonyl (C=O) groups is 1. The maximum absolute atomic E-state index is 14.1. The first-order valence-corrected chi connectivity index (χ1v) is 15.0. The highest BCUT2D eigenvalue weighted by Crippen LogP contribution is 2.40. The van der Waals surface area contributed by atoms with Crippen LogP contribution in [0.2, 0.25) is 5.02 Å². The van der Waals surface area contributed by atoms with Crippen molar-refractivity contribution >= 4 is 41.9 Å². The number of nitrogens with two attached hydrogens (primary N) is 1. The Balaban J connectivity index is 1.73. The molecule has 0 saturated carbocycles. The quantitative estimate of drug-likeness (QED) is 0.117. The zero-order valence-electron chi connectivity index (χ0n) is 22.6. The van der Waals surface area contributed by atoms with Gasteiger partial charge in [0, 0.05) is 17.2 Å². The number of fused-ring (bicyclic) bond motifs is 1. The number of hydrogen-bond donors (Lipinski definition) is 4. The van der Waals surface area contributed by atoms with Gasteiger partial charge < -0.3 is 24.9 Å². The van der Waals surface area contributed by atoms with Crippen LogP contribution in [0.25, 0.3) is 11.2 Å². The van der Waals surface area contributed by atoms with Gasteiger partial charge in [-0.3, -0.25) is 14.4 Å². The molecule has 0 aliphatic rings. The number of imidazole rings is 1. The molecule has 0 aliphatic carbocycles. The Morgan fingerprint density at radius 2 is 1.92 bits per heavy atom. The largest absolute Gasteiger partial charge is 0.382 e. The Labute approximate surface area is 233 Å². The Hall–Kier alpha value is -2.60. The number of aromatic nitrogens is 4. The average Bonchev–Trinajstić information content (AvgIpc) is 3.29. The Bertz CT molecular complexity index is 1290. The molecule has 0 saturated heterocycles. The number of nitrogen functional groups attached to an aromatic ring is 1. The van der Waals surface area contributed by atoms with Gasteiger partial charge in [-0.15, -0.1) is 0 Å². The molecule has 3 atom stereocenters. The normalized spacial score (nSPS) is 15.1. The number of ether oxygens (including phenoxy) is 2. The van der Waals surface area contributed by atoms with Crippen molar-refractivity contribution in [2.75, 3.05) is 18.7 Å². The minimum absolute atomic E-state index is 0.267. The summed E-state index contributed by atoms with van der Waals surface area (Å²) in [4.78, 5) is 25.4. The molecule has 3 rings (SSSR count). The molecule has 0 radical (unpaired) electrons. The maximum Gasteiger partial charge on any atom is 0.262 e. The lowest BCUT2D eigenvalue weighted by atomic mass is 10.1. The zero-order chi connectivity index (χ0) is 28.6. The first-order valence-electron chi connectivity index (χ1n) is 12.7. The van der Waals surface area contributed by atoms with E-state index < -0.39 is 31.3 Å². The van der Waals surface area contributed by atoms with Crippen molar-refractivity contribution < 1.29 is 23.9 Å². The molecule has 214 valence electrons. The summed E-state index contributed by atoms with van der Waals surface area (Å²) in [6.45, 7) is 7.82.